The SMILES string of the molecule is c1ccc(-c2nnc(-c3ccc(-c4ccccc4-c4ccccc4-c4ccc(-n5c6ccccc6c6ccccc65)cc4)cc3)n2-c2cccc3ccccc23)cc1. The van der Waals surface area contributed by atoms with Gasteiger partial charge in [-0.2, -0.15) is 0 Å². The van der Waals surface area contributed by atoms with E-state index >= 15 is 0 Å². The summed E-state index contributed by atoms with van der Waals surface area (Å²) in [5.41, 5.74) is 13.7. The lowest BCUT2D eigenvalue weighted by Crippen LogP contribution is -2.01. The summed E-state index contributed by atoms with van der Waals surface area (Å²) in [4.78, 5) is 0. The summed E-state index contributed by atoms with van der Waals surface area (Å²) < 4.78 is 4.57. The molecule has 0 bridgehead atoms. The summed E-state index contributed by atoms with van der Waals surface area (Å²) in [7, 11) is 0. The molecule has 11 aromatic rings. The summed E-state index contributed by atoms with van der Waals surface area (Å²) in [6.45, 7) is 0. The van der Waals surface area contributed by atoms with Crippen LogP contribution in [0.4, 0.5) is 0 Å². The van der Waals surface area contributed by atoms with Gasteiger partial charge in [-0.05, 0) is 69.1 Å². The fraction of sp³-hybridized carbons (Fsp3) is 0. The summed E-state index contributed by atoms with van der Waals surface area (Å²) in [5, 5.41) is 14.4. The molecule has 2 aromatic heterocycles. The standard InChI is InChI=1S/C54H36N4/c1-2-16-40(17-3-1)53-55-56-54(58(53)50-28-14-18-37-15-4-5-21-45(37)50)41-31-29-38(30-32-41)43-19-6-8-22-46(43)47-23-9-7-20-44(47)39-33-35-42(36-34-39)57-51-26-12-10-24-48(51)49-25-11-13-27-52(49)57/h1-36H. The summed E-state index contributed by atoms with van der Waals surface area (Å²) >= 11 is 0. The van der Waals surface area contributed by atoms with Crippen molar-refractivity contribution in [3.63, 3.8) is 0 Å². The van der Waals surface area contributed by atoms with E-state index in [-0.39, 0.29) is 0 Å². The first-order valence-corrected chi connectivity index (χ1v) is 19.7. The van der Waals surface area contributed by atoms with Crippen LogP contribution in [0, 0.1) is 0 Å². The molecule has 0 radical (unpaired) electrons. The Hall–Kier alpha value is -7.82. The van der Waals surface area contributed by atoms with E-state index in [9.17, 15) is 0 Å². The largest absolute Gasteiger partial charge is 0.309 e. The van der Waals surface area contributed by atoms with Gasteiger partial charge in [-0.15, -0.1) is 10.2 Å². The molecular formula is C54H36N4. The third-order valence-electron chi connectivity index (χ3n) is 11.3. The van der Waals surface area contributed by atoms with Crippen LogP contribution in [-0.4, -0.2) is 19.3 Å². The van der Waals surface area contributed by atoms with Crippen molar-refractivity contribution in [2.24, 2.45) is 0 Å². The van der Waals surface area contributed by atoms with Crippen molar-refractivity contribution in [2.45, 2.75) is 0 Å². The molecule has 2 heterocycles. The van der Waals surface area contributed by atoms with Gasteiger partial charge in [-0.1, -0.05) is 188 Å². The minimum atomic E-state index is 0.796. The average molecular weight is 741 g/mol. The second-order valence-corrected chi connectivity index (χ2v) is 14.6. The van der Waals surface area contributed by atoms with Gasteiger partial charge in [0.1, 0.15) is 0 Å². The van der Waals surface area contributed by atoms with Crippen molar-refractivity contribution < 1.29 is 0 Å². The van der Waals surface area contributed by atoms with Gasteiger partial charge in [0, 0.05) is 33.0 Å². The van der Waals surface area contributed by atoms with E-state index in [0.717, 1.165) is 45.1 Å². The molecule has 272 valence electrons. The third kappa shape index (κ3) is 5.62. The van der Waals surface area contributed by atoms with Gasteiger partial charge < -0.3 is 4.57 Å². The Balaban J connectivity index is 0.974. The van der Waals surface area contributed by atoms with Gasteiger partial charge in [-0.3, -0.25) is 4.57 Å². The van der Waals surface area contributed by atoms with E-state index in [4.69, 9.17) is 10.2 Å². The molecule has 11 rings (SSSR count). The zero-order chi connectivity index (χ0) is 38.4. The number of benzene rings is 9. The molecule has 0 aliphatic heterocycles. The van der Waals surface area contributed by atoms with Crippen LogP contribution in [0.1, 0.15) is 0 Å². The fourth-order valence-electron chi connectivity index (χ4n) is 8.61. The average Bonchev–Trinajstić information content (AvgIpc) is 3.90. The van der Waals surface area contributed by atoms with Crippen LogP contribution < -0.4 is 0 Å². The molecular weight excluding hydrogens is 705 g/mol. The van der Waals surface area contributed by atoms with E-state index in [0.29, 0.717) is 0 Å². The van der Waals surface area contributed by atoms with Crippen LogP contribution in [-0.2, 0) is 0 Å². The minimum Gasteiger partial charge on any atom is -0.309 e. The highest BCUT2D eigenvalue weighted by Crippen LogP contribution is 2.40. The lowest BCUT2D eigenvalue weighted by molar-refractivity contribution is 1.08. The Kier molecular flexibility index (Phi) is 8.11. The Morgan fingerprint density at radius 1 is 0.276 bits per heavy atom. The first-order chi connectivity index (χ1) is 28.8. The molecule has 0 amide bonds. The van der Waals surface area contributed by atoms with Crippen molar-refractivity contribution in [3.8, 4) is 67.5 Å². The van der Waals surface area contributed by atoms with E-state index < -0.39 is 0 Å². The summed E-state index contributed by atoms with van der Waals surface area (Å²) in [6, 6.07) is 77.7. The van der Waals surface area contributed by atoms with Crippen molar-refractivity contribution >= 4 is 32.6 Å². The topological polar surface area (TPSA) is 35.6 Å². The molecule has 0 aliphatic rings. The van der Waals surface area contributed by atoms with Crippen LogP contribution in [0.2, 0.25) is 0 Å². The van der Waals surface area contributed by atoms with Gasteiger partial charge >= 0.3 is 0 Å². The lowest BCUT2D eigenvalue weighted by Gasteiger charge is -2.16. The smallest absolute Gasteiger partial charge is 0.168 e. The molecule has 58 heavy (non-hydrogen) atoms. The molecule has 0 spiro atoms. The molecule has 0 saturated carbocycles. The number of hydrogen-bond acceptors (Lipinski definition) is 2. The van der Waals surface area contributed by atoms with Crippen molar-refractivity contribution in [3.05, 3.63) is 218 Å². The van der Waals surface area contributed by atoms with Gasteiger partial charge in [0.2, 0.25) is 0 Å². The molecule has 0 unspecified atom stereocenters. The molecule has 9 aromatic carbocycles. The fourth-order valence-corrected chi connectivity index (χ4v) is 8.61. The van der Waals surface area contributed by atoms with E-state index in [1.54, 1.807) is 0 Å². The van der Waals surface area contributed by atoms with Crippen molar-refractivity contribution in [1.82, 2.24) is 19.3 Å². The van der Waals surface area contributed by atoms with E-state index in [2.05, 4.69) is 209 Å². The van der Waals surface area contributed by atoms with Crippen LogP contribution in [0.15, 0.2) is 218 Å². The first kappa shape index (κ1) is 33.5. The monoisotopic (exact) mass is 740 g/mol. The van der Waals surface area contributed by atoms with Gasteiger partial charge in [-0.25, -0.2) is 0 Å². The highest BCUT2D eigenvalue weighted by molar-refractivity contribution is 6.09. The molecule has 0 N–H and O–H groups in total. The van der Waals surface area contributed by atoms with Crippen LogP contribution in [0.3, 0.4) is 0 Å². The Bertz CT molecular complexity index is 3200. The Labute approximate surface area is 336 Å². The maximum absolute atomic E-state index is 4.82. The quantitative estimate of drug-likeness (QED) is 0.163. The number of para-hydroxylation sites is 2. The maximum Gasteiger partial charge on any atom is 0.168 e. The Morgan fingerprint density at radius 3 is 1.31 bits per heavy atom. The predicted octanol–water partition coefficient (Wildman–Crippen LogP) is 13.9. The minimum absolute atomic E-state index is 0.796. The van der Waals surface area contributed by atoms with Crippen molar-refractivity contribution in [2.75, 3.05) is 0 Å². The molecule has 4 nitrogen and oxygen atoms in total. The second kappa shape index (κ2) is 14.0. The van der Waals surface area contributed by atoms with Gasteiger partial charge in [0.25, 0.3) is 0 Å². The van der Waals surface area contributed by atoms with Crippen molar-refractivity contribution in [1.29, 1.82) is 0 Å². The van der Waals surface area contributed by atoms with Gasteiger partial charge in [0.05, 0.1) is 16.7 Å². The predicted molar refractivity (Wildman–Crippen MR) is 240 cm³/mol. The van der Waals surface area contributed by atoms with Crippen LogP contribution in [0.25, 0.3) is 100 Å². The van der Waals surface area contributed by atoms with E-state index in [1.165, 1.54) is 55.0 Å². The normalized spacial score (nSPS) is 11.4. The number of hydrogen-bond donors (Lipinski definition) is 0. The van der Waals surface area contributed by atoms with Crippen LogP contribution in [0.5, 0.6) is 0 Å². The zero-order valence-corrected chi connectivity index (χ0v) is 31.6. The van der Waals surface area contributed by atoms with E-state index in [1.807, 2.05) is 18.2 Å². The molecule has 0 saturated heterocycles. The summed E-state index contributed by atoms with van der Waals surface area (Å²) in [5.74, 6) is 1.60. The third-order valence-corrected chi connectivity index (χ3v) is 11.3. The van der Waals surface area contributed by atoms with Gasteiger partial charge in [0.15, 0.2) is 11.6 Å². The number of aromatic nitrogens is 4. The number of rotatable bonds is 7. The second-order valence-electron chi connectivity index (χ2n) is 14.6. The summed E-state index contributed by atoms with van der Waals surface area (Å²) in [6.07, 6.45) is 0. The van der Waals surface area contributed by atoms with Crippen LogP contribution >= 0.6 is 0 Å². The molecule has 0 atom stereocenters. The molecule has 0 fully saturated rings. The molecule has 4 heteroatoms. The molecule has 0 aliphatic carbocycles. The highest BCUT2D eigenvalue weighted by atomic mass is 15.3. The Morgan fingerprint density at radius 2 is 0.707 bits per heavy atom. The zero-order valence-electron chi connectivity index (χ0n) is 31.6. The maximum atomic E-state index is 4.82. The number of fused-ring (bicyclic) bond motifs is 4. The lowest BCUT2D eigenvalue weighted by atomic mass is 9.89. The number of nitrogens with zero attached hydrogens (tertiary/aromatic N) is 4. The highest BCUT2D eigenvalue weighted by Gasteiger charge is 2.20. The first-order valence-electron chi connectivity index (χ1n) is 19.7.